The fourth-order valence-corrected chi connectivity index (χ4v) is 4.78. The summed E-state index contributed by atoms with van der Waals surface area (Å²) in [6, 6.07) is -0.216. The zero-order chi connectivity index (χ0) is 16.9. The van der Waals surface area contributed by atoms with E-state index in [1.807, 2.05) is 6.92 Å². The molecule has 2 aliphatic heterocycles. The Kier molecular flexibility index (Phi) is 6.82. The van der Waals surface area contributed by atoms with Gasteiger partial charge in [0.2, 0.25) is 5.91 Å². The van der Waals surface area contributed by atoms with Gasteiger partial charge in [0.05, 0.1) is 30.8 Å². The number of sulfone groups is 1. The maximum atomic E-state index is 12.1. The molecule has 0 saturated carbocycles. The van der Waals surface area contributed by atoms with Gasteiger partial charge in [0.1, 0.15) is 0 Å². The first-order valence-corrected chi connectivity index (χ1v) is 10.3. The molecule has 2 saturated heterocycles. The Balaban J connectivity index is 1.70. The van der Waals surface area contributed by atoms with Crippen molar-refractivity contribution in [1.29, 1.82) is 0 Å². The van der Waals surface area contributed by atoms with E-state index < -0.39 is 9.84 Å². The van der Waals surface area contributed by atoms with Gasteiger partial charge in [-0.2, -0.15) is 0 Å². The summed E-state index contributed by atoms with van der Waals surface area (Å²) in [5, 5.41) is 2.85. The van der Waals surface area contributed by atoms with Gasteiger partial charge in [-0.15, -0.1) is 0 Å². The number of nitrogens with zero attached hydrogens (tertiary/aromatic N) is 2. The lowest BCUT2D eigenvalue weighted by Crippen LogP contribution is -2.47. The predicted octanol–water partition coefficient (Wildman–Crippen LogP) is -0.668. The molecular formula is C15H29N3O4S. The summed E-state index contributed by atoms with van der Waals surface area (Å²) in [7, 11) is -2.95. The smallest absolute Gasteiger partial charge is 0.234 e. The summed E-state index contributed by atoms with van der Waals surface area (Å²) in [4.78, 5) is 16.6. The molecule has 2 heterocycles. The van der Waals surface area contributed by atoms with Crippen LogP contribution in [0.4, 0.5) is 0 Å². The zero-order valence-corrected chi connectivity index (χ0v) is 15.0. The minimum absolute atomic E-state index is 0.0794. The molecular weight excluding hydrogens is 318 g/mol. The van der Waals surface area contributed by atoms with E-state index >= 15 is 0 Å². The van der Waals surface area contributed by atoms with Crippen molar-refractivity contribution in [2.24, 2.45) is 0 Å². The number of carbonyl (C=O) groups excluding carboxylic acids is 1. The van der Waals surface area contributed by atoms with Crippen LogP contribution in [0.3, 0.4) is 0 Å². The Hall–Kier alpha value is -0.700. The van der Waals surface area contributed by atoms with Crippen molar-refractivity contribution >= 4 is 15.7 Å². The van der Waals surface area contributed by atoms with Crippen LogP contribution in [0.25, 0.3) is 0 Å². The Morgan fingerprint density at radius 2 is 2.22 bits per heavy atom. The average molecular weight is 347 g/mol. The van der Waals surface area contributed by atoms with Crippen LogP contribution in [0, 0.1) is 0 Å². The SMILES string of the molecule is CCN(CCN1CCOC(C)C1)CC(=O)NC1CCS(=O)(=O)C1. The van der Waals surface area contributed by atoms with Crippen LogP contribution < -0.4 is 5.32 Å². The molecule has 134 valence electrons. The summed E-state index contributed by atoms with van der Waals surface area (Å²) in [6.45, 7) is 9.64. The number of likely N-dealkylation sites (N-methyl/N-ethyl adjacent to an activating group) is 1. The van der Waals surface area contributed by atoms with Crippen LogP contribution in [0.2, 0.25) is 0 Å². The van der Waals surface area contributed by atoms with Crippen molar-refractivity contribution in [2.45, 2.75) is 32.4 Å². The first-order valence-electron chi connectivity index (χ1n) is 8.44. The fourth-order valence-electron chi connectivity index (χ4n) is 3.11. The molecule has 1 N–H and O–H groups in total. The highest BCUT2D eigenvalue weighted by Gasteiger charge is 2.29. The van der Waals surface area contributed by atoms with Crippen molar-refractivity contribution in [3.63, 3.8) is 0 Å². The third-order valence-corrected chi connectivity index (χ3v) is 6.24. The second kappa shape index (κ2) is 8.41. The van der Waals surface area contributed by atoms with E-state index in [2.05, 4.69) is 22.0 Å². The van der Waals surface area contributed by atoms with Gasteiger partial charge in [0.15, 0.2) is 9.84 Å². The lowest BCUT2D eigenvalue weighted by Gasteiger charge is -2.32. The molecule has 23 heavy (non-hydrogen) atoms. The summed E-state index contributed by atoms with van der Waals surface area (Å²) in [6.07, 6.45) is 0.803. The molecule has 8 heteroatoms. The Labute approximate surface area is 139 Å². The highest BCUT2D eigenvalue weighted by atomic mass is 32.2. The number of hydrogen-bond acceptors (Lipinski definition) is 6. The normalized spacial score (nSPS) is 28.1. The summed E-state index contributed by atoms with van der Waals surface area (Å²) in [5.41, 5.74) is 0. The van der Waals surface area contributed by atoms with E-state index in [-0.39, 0.29) is 29.6 Å². The maximum Gasteiger partial charge on any atom is 0.234 e. The minimum Gasteiger partial charge on any atom is -0.376 e. The van der Waals surface area contributed by atoms with Crippen molar-refractivity contribution in [1.82, 2.24) is 15.1 Å². The number of rotatable bonds is 7. The molecule has 2 unspecified atom stereocenters. The molecule has 0 aromatic carbocycles. The lowest BCUT2D eigenvalue weighted by molar-refractivity contribution is -0.122. The van der Waals surface area contributed by atoms with E-state index in [9.17, 15) is 13.2 Å². The van der Waals surface area contributed by atoms with Gasteiger partial charge in [0, 0.05) is 32.2 Å². The second-order valence-corrected chi connectivity index (χ2v) is 8.75. The molecule has 0 aromatic rings. The molecule has 2 aliphatic rings. The van der Waals surface area contributed by atoms with Crippen LogP contribution in [0.1, 0.15) is 20.3 Å². The summed E-state index contributed by atoms with van der Waals surface area (Å²) in [5.74, 6) is 0.186. The van der Waals surface area contributed by atoms with Gasteiger partial charge in [0.25, 0.3) is 0 Å². The molecule has 1 amide bonds. The average Bonchev–Trinajstić information content (AvgIpc) is 2.82. The first-order chi connectivity index (χ1) is 10.9. The molecule has 2 atom stereocenters. The van der Waals surface area contributed by atoms with Crippen LogP contribution in [0.5, 0.6) is 0 Å². The molecule has 0 bridgehead atoms. The van der Waals surface area contributed by atoms with Gasteiger partial charge in [-0.1, -0.05) is 6.92 Å². The predicted molar refractivity (Wildman–Crippen MR) is 89.2 cm³/mol. The highest BCUT2D eigenvalue weighted by Crippen LogP contribution is 2.11. The standard InChI is InChI=1S/C15H29N3O4S/c1-3-17(5-6-18-7-8-22-13(2)10-18)11-15(19)16-14-4-9-23(20,21)12-14/h13-14H,3-12H2,1-2H3,(H,16,19). The van der Waals surface area contributed by atoms with E-state index in [4.69, 9.17) is 4.74 Å². The van der Waals surface area contributed by atoms with Crippen molar-refractivity contribution in [3.8, 4) is 0 Å². The number of nitrogens with one attached hydrogen (secondary N) is 1. The topological polar surface area (TPSA) is 79.0 Å². The molecule has 0 aromatic heterocycles. The summed E-state index contributed by atoms with van der Waals surface area (Å²) >= 11 is 0. The van der Waals surface area contributed by atoms with Crippen molar-refractivity contribution in [3.05, 3.63) is 0 Å². The number of carbonyl (C=O) groups is 1. The molecule has 2 fully saturated rings. The molecule has 2 rings (SSSR count). The maximum absolute atomic E-state index is 12.1. The third kappa shape index (κ3) is 6.37. The van der Waals surface area contributed by atoms with Gasteiger partial charge < -0.3 is 10.1 Å². The summed E-state index contributed by atoms with van der Waals surface area (Å²) < 4.78 is 28.4. The van der Waals surface area contributed by atoms with Crippen LogP contribution in [-0.4, -0.2) is 93.7 Å². The number of morpholine rings is 1. The van der Waals surface area contributed by atoms with Crippen molar-refractivity contribution < 1.29 is 17.9 Å². The number of amides is 1. The van der Waals surface area contributed by atoms with Crippen LogP contribution in [-0.2, 0) is 19.4 Å². The monoisotopic (exact) mass is 347 g/mol. The molecule has 0 radical (unpaired) electrons. The van der Waals surface area contributed by atoms with E-state index in [0.717, 1.165) is 39.3 Å². The molecule has 7 nitrogen and oxygen atoms in total. The quantitative estimate of drug-likeness (QED) is 0.658. The second-order valence-electron chi connectivity index (χ2n) is 6.52. The van der Waals surface area contributed by atoms with Crippen LogP contribution >= 0.6 is 0 Å². The van der Waals surface area contributed by atoms with E-state index in [1.165, 1.54) is 0 Å². The lowest BCUT2D eigenvalue weighted by atomic mass is 10.2. The number of hydrogen-bond donors (Lipinski definition) is 1. The Bertz CT molecular complexity index is 497. The zero-order valence-electron chi connectivity index (χ0n) is 14.2. The Morgan fingerprint density at radius 3 is 2.83 bits per heavy atom. The highest BCUT2D eigenvalue weighted by molar-refractivity contribution is 7.91. The van der Waals surface area contributed by atoms with E-state index in [0.29, 0.717) is 13.0 Å². The molecule has 0 aliphatic carbocycles. The fraction of sp³-hybridized carbons (Fsp3) is 0.933. The Morgan fingerprint density at radius 1 is 1.43 bits per heavy atom. The first kappa shape index (κ1) is 18.6. The van der Waals surface area contributed by atoms with Gasteiger partial charge >= 0.3 is 0 Å². The minimum atomic E-state index is -2.95. The van der Waals surface area contributed by atoms with Gasteiger partial charge in [-0.05, 0) is 19.9 Å². The van der Waals surface area contributed by atoms with Crippen LogP contribution in [0.15, 0.2) is 0 Å². The molecule has 0 spiro atoms. The van der Waals surface area contributed by atoms with Gasteiger partial charge in [-0.25, -0.2) is 8.42 Å². The third-order valence-electron chi connectivity index (χ3n) is 4.47. The van der Waals surface area contributed by atoms with Crippen molar-refractivity contribution in [2.75, 3.05) is 57.4 Å². The largest absolute Gasteiger partial charge is 0.376 e. The van der Waals surface area contributed by atoms with E-state index in [1.54, 1.807) is 0 Å². The number of ether oxygens (including phenoxy) is 1. The van der Waals surface area contributed by atoms with Gasteiger partial charge in [-0.3, -0.25) is 14.6 Å².